The van der Waals surface area contributed by atoms with Crippen molar-refractivity contribution < 1.29 is 9.13 Å². The number of guanidine groups is 1. The average molecular weight is 395 g/mol. The van der Waals surface area contributed by atoms with Crippen LogP contribution in [0.15, 0.2) is 23.2 Å². The Morgan fingerprint density at radius 2 is 2.11 bits per heavy atom. The van der Waals surface area contributed by atoms with Gasteiger partial charge >= 0.3 is 0 Å². The summed E-state index contributed by atoms with van der Waals surface area (Å²) in [7, 11) is 3.58. The summed E-state index contributed by atoms with van der Waals surface area (Å²) in [6.45, 7) is 4.05. The summed E-state index contributed by atoms with van der Waals surface area (Å²) in [5.41, 5.74) is 1.97. The Morgan fingerprint density at radius 1 is 1.30 bits per heavy atom. The second-order valence-corrected chi connectivity index (χ2v) is 6.87. The molecule has 0 saturated heterocycles. The number of aromatic nitrogens is 3. The Balaban J connectivity index is 2.09. The van der Waals surface area contributed by atoms with Gasteiger partial charge in [-0.25, -0.2) is 9.38 Å². The molecule has 0 radical (unpaired) electrons. The van der Waals surface area contributed by atoms with Crippen LogP contribution in [0.25, 0.3) is 0 Å². The van der Waals surface area contributed by atoms with Crippen LogP contribution in [0.1, 0.15) is 22.8 Å². The zero-order chi connectivity index (χ0) is 19.6. The Hall–Kier alpha value is -2.13. The average Bonchev–Trinajstić information content (AvgIpc) is 2.97. The molecule has 0 atom stereocenters. The molecule has 0 aliphatic rings. The molecule has 0 bridgehead atoms. The Labute approximate surface area is 163 Å². The third kappa shape index (κ3) is 6.51. The molecule has 1 aromatic carbocycles. The van der Waals surface area contributed by atoms with Crippen LogP contribution in [0.3, 0.4) is 0 Å². The lowest BCUT2D eigenvalue weighted by Gasteiger charge is -2.13. The summed E-state index contributed by atoms with van der Waals surface area (Å²) in [5.74, 6) is 2.85. The van der Waals surface area contributed by atoms with Crippen LogP contribution in [0.2, 0.25) is 0 Å². The number of hydrogen-bond donors (Lipinski definition) is 2. The van der Waals surface area contributed by atoms with E-state index in [2.05, 4.69) is 25.8 Å². The molecule has 7 nitrogen and oxygen atoms in total. The molecule has 148 valence electrons. The van der Waals surface area contributed by atoms with Gasteiger partial charge in [0.1, 0.15) is 11.6 Å². The molecule has 0 fully saturated rings. The maximum absolute atomic E-state index is 13.5. The summed E-state index contributed by atoms with van der Waals surface area (Å²) in [5, 5.41) is 14.7. The van der Waals surface area contributed by atoms with Gasteiger partial charge in [0.05, 0.1) is 19.7 Å². The molecule has 9 heteroatoms. The minimum atomic E-state index is -0.221. The van der Waals surface area contributed by atoms with Crippen molar-refractivity contribution in [3.63, 3.8) is 0 Å². The van der Waals surface area contributed by atoms with Gasteiger partial charge in [0.15, 0.2) is 11.8 Å². The SMILES string of the molecule is COCCNC(=NCc1ccc(F)cc1CSC)NCc1nnc(C)n1C. The number of hydrogen-bond acceptors (Lipinski definition) is 5. The molecule has 0 unspecified atom stereocenters. The van der Waals surface area contributed by atoms with Gasteiger partial charge in [-0.15, -0.1) is 10.2 Å². The van der Waals surface area contributed by atoms with E-state index in [0.717, 1.165) is 28.5 Å². The van der Waals surface area contributed by atoms with Gasteiger partial charge in [-0.1, -0.05) is 6.07 Å². The molecule has 2 rings (SSSR count). The lowest BCUT2D eigenvalue weighted by molar-refractivity contribution is 0.203. The monoisotopic (exact) mass is 394 g/mol. The first-order chi connectivity index (χ1) is 13.0. The number of thioether (sulfide) groups is 1. The van der Waals surface area contributed by atoms with Crippen LogP contribution in [-0.4, -0.2) is 47.2 Å². The molecule has 0 saturated carbocycles. The van der Waals surface area contributed by atoms with E-state index < -0.39 is 0 Å². The quantitative estimate of drug-likeness (QED) is 0.385. The highest BCUT2D eigenvalue weighted by Gasteiger charge is 2.08. The highest BCUT2D eigenvalue weighted by molar-refractivity contribution is 7.97. The standard InChI is InChI=1S/C18H27FN6OS/c1-13-23-24-17(25(13)2)11-22-18(20-7-8-26-3)21-10-14-5-6-16(19)9-15(14)12-27-4/h5-6,9H,7-8,10-12H2,1-4H3,(H2,20,21,22). The van der Waals surface area contributed by atoms with Crippen molar-refractivity contribution in [2.24, 2.45) is 12.0 Å². The molecular weight excluding hydrogens is 367 g/mol. The van der Waals surface area contributed by atoms with Crippen molar-refractivity contribution in [3.05, 3.63) is 46.8 Å². The van der Waals surface area contributed by atoms with Crippen LogP contribution in [0.4, 0.5) is 4.39 Å². The number of aryl methyl sites for hydroxylation is 1. The van der Waals surface area contributed by atoms with E-state index in [9.17, 15) is 4.39 Å². The van der Waals surface area contributed by atoms with E-state index in [1.54, 1.807) is 31.0 Å². The van der Waals surface area contributed by atoms with Crippen molar-refractivity contribution in [2.75, 3.05) is 26.5 Å². The summed E-state index contributed by atoms with van der Waals surface area (Å²) in [6, 6.07) is 4.85. The fraction of sp³-hybridized carbons (Fsp3) is 0.500. The minimum Gasteiger partial charge on any atom is -0.383 e. The number of nitrogens with zero attached hydrogens (tertiary/aromatic N) is 4. The van der Waals surface area contributed by atoms with E-state index in [0.29, 0.717) is 32.2 Å². The topological polar surface area (TPSA) is 76.4 Å². The smallest absolute Gasteiger partial charge is 0.192 e. The molecule has 1 heterocycles. The van der Waals surface area contributed by atoms with Gasteiger partial charge in [0.2, 0.25) is 0 Å². The summed E-state index contributed by atoms with van der Waals surface area (Å²) in [6.07, 6.45) is 2.00. The van der Waals surface area contributed by atoms with Gasteiger partial charge < -0.3 is 19.9 Å². The van der Waals surface area contributed by atoms with Crippen molar-refractivity contribution in [1.82, 2.24) is 25.4 Å². The van der Waals surface area contributed by atoms with Crippen molar-refractivity contribution >= 4 is 17.7 Å². The number of ether oxygens (including phenoxy) is 1. The third-order valence-corrected chi connectivity index (χ3v) is 4.67. The largest absolute Gasteiger partial charge is 0.383 e. The first kappa shape index (κ1) is 21.2. The van der Waals surface area contributed by atoms with Crippen molar-refractivity contribution in [1.29, 1.82) is 0 Å². The molecule has 1 aromatic heterocycles. The Bertz CT molecular complexity index is 764. The van der Waals surface area contributed by atoms with Crippen LogP contribution in [0, 0.1) is 12.7 Å². The first-order valence-corrected chi connectivity index (χ1v) is 10.1. The minimum absolute atomic E-state index is 0.221. The van der Waals surface area contributed by atoms with Gasteiger partial charge in [-0.05, 0) is 36.4 Å². The normalized spacial score (nSPS) is 11.7. The predicted octanol–water partition coefficient (Wildman–Crippen LogP) is 2.01. The molecule has 0 aliphatic heterocycles. The van der Waals surface area contributed by atoms with Crippen LogP contribution >= 0.6 is 11.8 Å². The second kappa shape index (κ2) is 10.9. The zero-order valence-corrected chi connectivity index (χ0v) is 17.1. The molecule has 0 amide bonds. The van der Waals surface area contributed by atoms with E-state index in [1.807, 2.05) is 24.8 Å². The van der Waals surface area contributed by atoms with Crippen LogP contribution in [-0.2, 0) is 30.6 Å². The molecule has 0 spiro atoms. The summed E-state index contributed by atoms with van der Waals surface area (Å²) in [4.78, 5) is 4.64. The van der Waals surface area contributed by atoms with E-state index in [-0.39, 0.29) is 5.82 Å². The maximum Gasteiger partial charge on any atom is 0.192 e. The number of rotatable bonds is 9. The molecule has 27 heavy (non-hydrogen) atoms. The lowest BCUT2D eigenvalue weighted by atomic mass is 10.1. The number of benzene rings is 1. The lowest BCUT2D eigenvalue weighted by Crippen LogP contribution is -2.39. The van der Waals surface area contributed by atoms with Gasteiger partial charge in [-0.2, -0.15) is 11.8 Å². The Kier molecular flexibility index (Phi) is 8.53. The molecular formula is C18H27FN6OS. The fourth-order valence-corrected chi connectivity index (χ4v) is 3.00. The highest BCUT2D eigenvalue weighted by Crippen LogP contribution is 2.17. The van der Waals surface area contributed by atoms with Crippen molar-refractivity contribution in [2.45, 2.75) is 25.8 Å². The fourth-order valence-electron chi connectivity index (χ4n) is 2.42. The maximum atomic E-state index is 13.5. The summed E-state index contributed by atoms with van der Waals surface area (Å²) < 4.78 is 20.5. The van der Waals surface area contributed by atoms with Gasteiger partial charge in [0, 0.05) is 26.5 Å². The first-order valence-electron chi connectivity index (χ1n) is 8.67. The zero-order valence-electron chi connectivity index (χ0n) is 16.3. The second-order valence-electron chi connectivity index (χ2n) is 6.01. The third-order valence-electron chi connectivity index (χ3n) is 4.07. The van der Waals surface area contributed by atoms with Crippen molar-refractivity contribution in [3.8, 4) is 0 Å². The molecule has 2 N–H and O–H groups in total. The van der Waals surface area contributed by atoms with E-state index in [4.69, 9.17) is 4.74 Å². The highest BCUT2D eigenvalue weighted by atomic mass is 32.2. The van der Waals surface area contributed by atoms with Crippen LogP contribution < -0.4 is 10.6 Å². The Morgan fingerprint density at radius 3 is 2.78 bits per heavy atom. The summed E-state index contributed by atoms with van der Waals surface area (Å²) >= 11 is 1.66. The number of halogens is 1. The molecule has 2 aromatic rings. The predicted molar refractivity (Wildman–Crippen MR) is 107 cm³/mol. The van der Waals surface area contributed by atoms with Gasteiger partial charge in [-0.3, -0.25) is 0 Å². The number of aliphatic imine (C=N–C) groups is 1. The molecule has 0 aliphatic carbocycles. The number of nitrogens with one attached hydrogen (secondary N) is 2. The van der Waals surface area contributed by atoms with Gasteiger partial charge in [0.25, 0.3) is 0 Å². The van der Waals surface area contributed by atoms with E-state index >= 15 is 0 Å². The van der Waals surface area contributed by atoms with Crippen LogP contribution in [0.5, 0.6) is 0 Å². The number of methoxy groups -OCH3 is 1. The van der Waals surface area contributed by atoms with E-state index in [1.165, 1.54) is 6.07 Å².